The lowest BCUT2D eigenvalue weighted by atomic mass is 10.1. The molecule has 20 heavy (non-hydrogen) atoms. The average Bonchev–Trinajstić information content (AvgIpc) is 2.29. The molecule has 0 aliphatic rings. The normalized spacial score (nSPS) is 13.1. The summed E-state index contributed by atoms with van der Waals surface area (Å²) in [4.78, 5) is 10.8. The Morgan fingerprint density at radius 3 is 2.25 bits per heavy atom. The number of nitrogens with one attached hydrogen (secondary N) is 1. The van der Waals surface area contributed by atoms with Gasteiger partial charge in [0.15, 0.2) is 6.10 Å². The van der Waals surface area contributed by atoms with Crippen LogP contribution in [0.15, 0.2) is 21.1 Å². The zero-order valence-electron chi connectivity index (χ0n) is 12.0. The minimum absolute atomic E-state index is 0.0337. The molecule has 0 aliphatic carbocycles. The minimum Gasteiger partial charge on any atom is -0.479 e. The van der Waals surface area contributed by atoms with E-state index in [9.17, 15) is 4.79 Å². The van der Waals surface area contributed by atoms with E-state index in [1.54, 1.807) is 0 Å². The van der Waals surface area contributed by atoms with E-state index in [2.05, 4.69) is 57.9 Å². The summed E-state index contributed by atoms with van der Waals surface area (Å²) in [6.45, 7) is 8.51. The van der Waals surface area contributed by atoms with Crippen LogP contribution in [0.2, 0.25) is 0 Å². The fourth-order valence-corrected chi connectivity index (χ4v) is 2.89. The van der Waals surface area contributed by atoms with Crippen LogP contribution >= 0.6 is 31.9 Å². The lowest BCUT2D eigenvalue weighted by Gasteiger charge is -2.21. The molecule has 1 aromatic rings. The molecular formula is C14H19Br2NO3. The van der Waals surface area contributed by atoms with Crippen molar-refractivity contribution >= 4 is 37.8 Å². The summed E-state index contributed by atoms with van der Waals surface area (Å²) in [5.74, 6) is -0.498. The largest absolute Gasteiger partial charge is 0.479 e. The molecule has 4 nitrogen and oxygen atoms in total. The molecule has 0 aromatic heterocycles. The molecule has 6 heteroatoms. The molecular weight excluding hydrogens is 390 g/mol. The molecule has 1 unspecified atom stereocenters. The molecule has 2 N–H and O–H groups in total. The zero-order valence-corrected chi connectivity index (χ0v) is 15.1. The van der Waals surface area contributed by atoms with Crippen molar-refractivity contribution in [2.24, 2.45) is 0 Å². The fourth-order valence-electron chi connectivity index (χ4n) is 1.42. The van der Waals surface area contributed by atoms with Crippen LogP contribution in [-0.4, -0.2) is 22.7 Å². The molecule has 0 saturated heterocycles. The van der Waals surface area contributed by atoms with Gasteiger partial charge in [-0.25, -0.2) is 4.79 Å². The summed E-state index contributed by atoms with van der Waals surface area (Å²) in [5.41, 5.74) is 1.11. The second kappa shape index (κ2) is 6.91. The van der Waals surface area contributed by atoms with Crippen LogP contribution in [0.1, 0.15) is 33.3 Å². The summed E-state index contributed by atoms with van der Waals surface area (Å²) in [6, 6.07) is 3.85. The summed E-state index contributed by atoms with van der Waals surface area (Å²) in [6.07, 6.45) is -0.902. The number of ether oxygens (including phenoxy) is 1. The first-order valence-electron chi connectivity index (χ1n) is 6.22. The third-order valence-electron chi connectivity index (χ3n) is 2.52. The quantitative estimate of drug-likeness (QED) is 0.774. The Morgan fingerprint density at radius 2 is 1.85 bits per heavy atom. The second-order valence-corrected chi connectivity index (χ2v) is 7.30. The number of hydrogen-bond donors (Lipinski definition) is 2. The maximum Gasteiger partial charge on any atom is 0.344 e. The standard InChI is InChI=1S/C14H19Br2NO3/c1-8(13(18)19)20-12-10(15)5-9(6-11(12)16)7-17-14(2,3)4/h5-6,8,17H,7H2,1-4H3,(H,18,19). The molecule has 0 heterocycles. The lowest BCUT2D eigenvalue weighted by Crippen LogP contribution is -2.35. The first-order valence-corrected chi connectivity index (χ1v) is 7.81. The number of hydrogen-bond acceptors (Lipinski definition) is 3. The highest BCUT2D eigenvalue weighted by molar-refractivity contribution is 9.11. The summed E-state index contributed by atoms with van der Waals surface area (Å²) >= 11 is 6.84. The van der Waals surface area contributed by atoms with E-state index in [1.807, 2.05) is 12.1 Å². The van der Waals surface area contributed by atoms with E-state index < -0.39 is 12.1 Å². The van der Waals surface area contributed by atoms with Crippen molar-refractivity contribution in [2.45, 2.75) is 45.9 Å². The fraction of sp³-hybridized carbons (Fsp3) is 0.500. The molecule has 0 aliphatic heterocycles. The third-order valence-corrected chi connectivity index (χ3v) is 3.70. The number of benzene rings is 1. The van der Waals surface area contributed by atoms with Gasteiger partial charge in [0.2, 0.25) is 0 Å². The number of carboxylic acids is 1. The summed E-state index contributed by atoms with van der Waals surface area (Å²) in [7, 11) is 0. The first kappa shape index (κ1) is 17.5. The number of rotatable bonds is 5. The number of halogens is 2. The Hall–Kier alpha value is -0.590. The van der Waals surface area contributed by atoms with Gasteiger partial charge in [0, 0.05) is 12.1 Å². The third kappa shape index (κ3) is 5.42. The highest BCUT2D eigenvalue weighted by atomic mass is 79.9. The van der Waals surface area contributed by atoms with E-state index in [-0.39, 0.29) is 5.54 Å². The van der Waals surface area contributed by atoms with Gasteiger partial charge in [-0.3, -0.25) is 0 Å². The number of aliphatic carboxylic acids is 1. The molecule has 0 radical (unpaired) electrons. The highest BCUT2D eigenvalue weighted by Gasteiger charge is 2.17. The van der Waals surface area contributed by atoms with Crippen LogP contribution in [0.5, 0.6) is 5.75 Å². The van der Waals surface area contributed by atoms with E-state index >= 15 is 0 Å². The van der Waals surface area contributed by atoms with Crippen molar-refractivity contribution in [3.63, 3.8) is 0 Å². The number of carbonyl (C=O) groups is 1. The van der Waals surface area contributed by atoms with Crippen molar-refractivity contribution in [2.75, 3.05) is 0 Å². The van der Waals surface area contributed by atoms with Crippen LogP contribution in [0.4, 0.5) is 0 Å². The average molecular weight is 409 g/mol. The summed E-state index contributed by atoms with van der Waals surface area (Å²) in [5, 5.41) is 12.3. The molecule has 0 spiro atoms. The SMILES string of the molecule is CC(Oc1c(Br)cc(CNC(C)(C)C)cc1Br)C(=O)O. The minimum atomic E-state index is -0.998. The topological polar surface area (TPSA) is 58.6 Å². The summed E-state index contributed by atoms with van der Waals surface area (Å²) < 4.78 is 6.88. The monoisotopic (exact) mass is 407 g/mol. The van der Waals surface area contributed by atoms with Gasteiger partial charge in [-0.1, -0.05) is 0 Å². The smallest absolute Gasteiger partial charge is 0.344 e. The Morgan fingerprint density at radius 1 is 1.35 bits per heavy atom. The predicted molar refractivity (Wildman–Crippen MR) is 86.2 cm³/mol. The molecule has 0 saturated carbocycles. The second-order valence-electron chi connectivity index (χ2n) is 5.59. The van der Waals surface area contributed by atoms with Gasteiger partial charge in [0.05, 0.1) is 8.95 Å². The van der Waals surface area contributed by atoms with Crippen LogP contribution in [-0.2, 0) is 11.3 Å². The van der Waals surface area contributed by atoms with E-state index in [1.165, 1.54) is 6.92 Å². The maximum absolute atomic E-state index is 10.8. The Balaban J connectivity index is 2.89. The van der Waals surface area contributed by atoms with E-state index in [0.717, 1.165) is 21.1 Å². The molecule has 0 bridgehead atoms. The maximum atomic E-state index is 10.8. The van der Waals surface area contributed by atoms with Crippen LogP contribution < -0.4 is 10.1 Å². The van der Waals surface area contributed by atoms with Crippen LogP contribution in [0, 0.1) is 0 Å². The first-order chi connectivity index (χ1) is 9.10. The Labute approximate surface area is 136 Å². The van der Waals surface area contributed by atoms with Gasteiger partial charge >= 0.3 is 5.97 Å². The zero-order chi connectivity index (χ0) is 15.5. The van der Waals surface area contributed by atoms with Gasteiger partial charge in [-0.2, -0.15) is 0 Å². The van der Waals surface area contributed by atoms with Gasteiger partial charge < -0.3 is 15.2 Å². The van der Waals surface area contributed by atoms with Gasteiger partial charge in [-0.15, -0.1) is 0 Å². The molecule has 112 valence electrons. The van der Waals surface area contributed by atoms with Crippen molar-refractivity contribution in [1.82, 2.24) is 5.32 Å². The van der Waals surface area contributed by atoms with Gasteiger partial charge in [0.1, 0.15) is 5.75 Å². The van der Waals surface area contributed by atoms with E-state index in [4.69, 9.17) is 9.84 Å². The molecule has 1 rings (SSSR count). The highest BCUT2D eigenvalue weighted by Crippen LogP contribution is 2.35. The van der Waals surface area contributed by atoms with Crippen molar-refractivity contribution in [1.29, 1.82) is 0 Å². The molecule has 1 atom stereocenters. The van der Waals surface area contributed by atoms with Crippen molar-refractivity contribution in [3.05, 3.63) is 26.6 Å². The van der Waals surface area contributed by atoms with Crippen LogP contribution in [0.3, 0.4) is 0 Å². The number of carboxylic acid groups (broad SMARTS) is 1. The van der Waals surface area contributed by atoms with Crippen LogP contribution in [0.25, 0.3) is 0 Å². The Kier molecular flexibility index (Phi) is 6.04. The molecule has 1 aromatic carbocycles. The van der Waals surface area contributed by atoms with Crippen molar-refractivity contribution in [3.8, 4) is 5.75 Å². The predicted octanol–water partition coefficient (Wildman–Crippen LogP) is 3.95. The van der Waals surface area contributed by atoms with Gasteiger partial charge in [0.25, 0.3) is 0 Å². The Bertz CT molecular complexity index is 475. The van der Waals surface area contributed by atoms with Gasteiger partial charge in [-0.05, 0) is 77.3 Å². The van der Waals surface area contributed by atoms with E-state index in [0.29, 0.717) is 5.75 Å². The molecule has 0 amide bonds. The lowest BCUT2D eigenvalue weighted by molar-refractivity contribution is -0.144. The van der Waals surface area contributed by atoms with Crippen molar-refractivity contribution < 1.29 is 14.6 Å². The molecule has 0 fully saturated rings.